The third-order valence-corrected chi connectivity index (χ3v) is 4.44. The number of ether oxygens (including phenoxy) is 1. The van der Waals surface area contributed by atoms with Gasteiger partial charge in [0.1, 0.15) is 11.5 Å². The molecule has 0 saturated heterocycles. The lowest BCUT2D eigenvalue weighted by Crippen LogP contribution is -2.29. The lowest BCUT2D eigenvalue weighted by molar-refractivity contribution is 0.0251. The molecule has 1 unspecified atom stereocenters. The van der Waals surface area contributed by atoms with Crippen LogP contribution in [0.1, 0.15) is 27.0 Å². The second kappa shape index (κ2) is 5.65. The number of carbonyl (C=O) groups is 1. The summed E-state index contributed by atoms with van der Waals surface area (Å²) in [4.78, 5) is 17.2. The largest absolute Gasteiger partial charge is 0.508 e. The summed E-state index contributed by atoms with van der Waals surface area (Å²) in [6.45, 7) is 0. The molecule has 4 rings (SSSR count). The molecule has 1 aliphatic heterocycles. The monoisotopic (exact) mass is 333 g/mol. The molecule has 5 heteroatoms. The molecule has 0 amide bonds. The minimum absolute atomic E-state index is 0.142. The van der Waals surface area contributed by atoms with Crippen molar-refractivity contribution in [2.24, 2.45) is 5.90 Å². The summed E-state index contributed by atoms with van der Waals surface area (Å²) in [6, 6.07) is 21.0. The van der Waals surface area contributed by atoms with Gasteiger partial charge in [0.05, 0.1) is 5.56 Å². The Hall–Kier alpha value is -3.31. The van der Waals surface area contributed by atoms with Gasteiger partial charge in [-0.2, -0.15) is 5.90 Å². The molecule has 0 aliphatic carbocycles. The molecule has 0 bridgehead atoms. The predicted octanol–water partition coefficient (Wildman–Crippen LogP) is 3.11. The van der Waals surface area contributed by atoms with Crippen molar-refractivity contribution in [1.82, 2.24) is 0 Å². The molecule has 1 heterocycles. The molecular weight excluding hydrogens is 318 g/mol. The molecule has 0 fully saturated rings. The number of aromatic hydroxyl groups is 1. The Morgan fingerprint density at radius 3 is 2.12 bits per heavy atom. The molecule has 124 valence electrons. The van der Waals surface area contributed by atoms with E-state index in [4.69, 9.17) is 15.5 Å². The third kappa shape index (κ3) is 2.25. The zero-order valence-corrected chi connectivity index (χ0v) is 13.2. The lowest BCUT2D eigenvalue weighted by atomic mass is 9.80. The summed E-state index contributed by atoms with van der Waals surface area (Å²) in [5.74, 6) is 5.46. The number of hydrogen-bond acceptors (Lipinski definition) is 5. The average Bonchev–Trinajstić information content (AvgIpc) is 2.96. The van der Waals surface area contributed by atoms with Crippen molar-refractivity contribution in [1.29, 1.82) is 0 Å². The van der Waals surface area contributed by atoms with E-state index in [9.17, 15) is 9.90 Å². The van der Waals surface area contributed by atoms with E-state index in [1.807, 2.05) is 24.3 Å². The molecule has 3 aromatic carbocycles. The predicted molar refractivity (Wildman–Crippen MR) is 91.1 cm³/mol. The van der Waals surface area contributed by atoms with Gasteiger partial charge in [0.2, 0.25) is 0 Å². The lowest BCUT2D eigenvalue weighted by Gasteiger charge is -2.30. The SMILES string of the molecule is NOc1ccc(C2(c3ccc(O)cc3)OC(=O)c3ccccc32)cc1. The Balaban J connectivity index is 1.99. The van der Waals surface area contributed by atoms with Gasteiger partial charge >= 0.3 is 5.97 Å². The average molecular weight is 333 g/mol. The van der Waals surface area contributed by atoms with Crippen LogP contribution in [0.5, 0.6) is 11.5 Å². The maximum Gasteiger partial charge on any atom is 0.340 e. The van der Waals surface area contributed by atoms with Crippen LogP contribution in [0.4, 0.5) is 0 Å². The van der Waals surface area contributed by atoms with Gasteiger partial charge in [-0.05, 0) is 30.3 Å². The van der Waals surface area contributed by atoms with Gasteiger partial charge in [0.15, 0.2) is 5.60 Å². The highest BCUT2D eigenvalue weighted by molar-refractivity contribution is 5.96. The van der Waals surface area contributed by atoms with Gasteiger partial charge in [-0.25, -0.2) is 4.79 Å². The molecule has 0 radical (unpaired) electrons. The molecule has 1 aliphatic rings. The van der Waals surface area contributed by atoms with Crippen molar-refractivity contribution >= 4 is 5.97 Å². The maximum atomic E-state index is 12.5. The van der Waals surface area contributed by atoms with Gasteiger partial charge in [0, 0.05) is 16.7 Å². The van der Waals surface area contributed by atoms with E-state index in [1.54, 1.807) is 48.5 Å². The van der Waals surface area contributed by atoms with Crippen LogP contribution < -0.4 is 10.7 Å². The van der Waals surface area contributed by atoms with Crippen molar-refractivity contribution in [3.8, 4) is 11.5 Å². The summed E-state index contributed by atoms with van der Waals surface area (Å²) in [7, 11) is 0. The molecular formula is C20H15NO4. The van der Waals surface area contributed by atoms with Crippen molar-refractivity contribution in [2.45, 2.75) is 5.60 Å². The van der Waals surface area contributed by atoms with Crippen LogP contribution in [0.3, 0.4) is 0 Å². The molecule has 0 spiro atoms. The van der Waals surface area contributed by atoms with Gasteiger partial charge in [0.25, 0.3) is 0 Å². The topological polar surface area (TPSA) is 81.8 Å². The van der Waals surface area contributed by atoms with Gasteiger partial charge in [-0.15, -0.1) is 0 Å². The number of rotatable bonds is 3. The highest BCUT2D eigenvalue weighted by atomic mass is 16.6. The first-order valence-corrected chi connectivity index (χ1v) is 7.75. The second-order valence-electron chi connectivity index (χ2n) is 5.81. The van der Waals surface area contributed by atoms with Gasteiger partial charge in [-0.1, -0.05) is 42.5 Å². The first-order chi connectivity index (χ1) is 12.1. The van der Waals surface area contributed by atoms with Crippen LogP contribution in [0, 0.1) is 0 Å². The van der Waals surface area contributed by atoms with Crippen molar-refractivity contribution in [3.63, 3.8) is 0 Å². The Morgan fingerprint density at radius 2 is 1.48 bits per heavy atom. The minimum atomic E-state index is -1.09. The van der Waals surface area contributed by atoms with E-state index < -0.39 is 5.60 Å². The number of phenolic OH excluding ortho intramolecular Hbond substituents is 1. The standard InChI is InChI=1S/C20H15NO4/c21-25-16-11-7-14(8-12-16)20(13-5-9-15(22)10-6-13)18-4-2-1-3-17(18)19(23)24-20/h1-12,22H,21H2. The van der Waals surface area contributed by atoms with Crippen molar-refractivity contribution in [2.75, 3.05) is 0 Å². The number of nitrogens with two attached hydrogens (primary N) is 1. The van der Waals surface area contributed by atoms with E-state index in [0.717, 1.165) is 16.7 Å². The fourth-order valence-corrected chi connectivity index (χ4v) is 3.28. The minimum Gasteiger partial charge on any atom is -0.508 e. The number of phenols is 1. The highest BCUT2D eigenvalue weighted by Gasteiger charge is 2.48. The maximum absolute atomic E-state index is 12.5. The summed E-state index contributed by atoms with van der Waals surface area (Å²) in [5.41, 5.74) is 1.69. The van der Waals surface area contributed by atoms with E-state index in [0.29, 0.717) is 11.3 Å². The second-order valence-corrected chi connectivity index (χ2v) is 5.81. The fraction of sp³-hybridized carbons (Fsp3) is 0.0500. The molecule has 5 nitrogen and oxygen atoms in total. The molecule has 1 atom stereocenters. The van der Waals surface area contributed by atoms with E-state index in [-0.39, 0.29) is 11.7 Å². The summed E-state index contributed by atoms with van der Waals surface area (Å²) >= 11 is 0. The zero-order valence-electron chi connectivity index (χ0n) is 13.2. The van der Waals surface area contributed by atoms with Crippen LogP contribution >= 0.6 is 0 Å². The highest BCUT2D eigenvalue weighted by Crippen LogP contribution is 2.47. The first kappa shape index (κ1) is 15.2. The number of hydrogen-bond donors (Lipinski definition) is 2. The molecule has 0 saturated carbocycles. The molecule has 25 heavy (non-hydrogen) atoms. The Morgan fingerprint density at radius 1 is 0.880 bits per heavy atom. The van der Waals surface area contributed by atoms with Crippen molar-refractivity contribution < 1.29 is 19.5 Å². The van der Waals surface area contributed by atoms with Crippen LogP contribution in [0.15, 0.2) is 72.8 Å². The van der Waals surface area contributed by atoms with Crippen LogP contribution in [-0.2, 0) is 10.3 Å². The Bertz CT molecular complexity index is 935. The normalized spacial score (nSPS) is 18.5. The smallest absolute Gasteiger partial charge is 0.340 e. The molecule has 3 N–H and O–H groups in total. The molecule has 0 aromatic heterocycles. The van der Waals surface area contributed by atoms with E-state index in [2.05, 4.69) is 0 Å². The molecule has 3 aromatic rings. The number of esters is 1. The number of fused-ring (bicyclic) bond motifs is 1. The fourth-order valence-electron chi connectivity index (χ4n) is 3.28. The zero-order chi connectivity index (χ0) is 17.4. The van der Waals surface area contributed by atoms with Crippen LogP contribution in [-0.4, -0.2) is 11.1 Å². The summed E-state index contributed by atoms with van der Waals surface area (Å²) in [5, 5.41) is 9.63. The van der Waals surface area contributed by atoms with Crippen molar-refractivity contribution in [3.05, 3.63) is 95.1 Å². The van der Waals surface area contributed by atoms with Crippen LogP contribution in [0.25, 0.3) is 0 Å². The van der Waals surface area contributed by atoms with Gasteiger partial charge in [-0.3, -0.25) is 0 Å². The quantitative estimate of drug-likeness (QED) is 0.568. The summed E-state index contributed by atoms with van der Waals surface area (Å²) < 4.78 is 5.91. The Kier molecular flexibility index (Phi) is 3.44. The first-order valence-electron chi connectivity index (χ1n) is 7.75. The van der Waals surface area contributed by atoms with Gasteiger partial charge < -0.3 is 14.7 Å². The van der Waals surface area contributed by atoms with E-state index in [1.165, 1.54) is 0 Å². The Labute approximate surface area is 144 Å². The number of cyclic esters (lactones) is 1. The van der Waals surface area contributed by atoms with Crippen LogP contribution in [0.2, 0.25) is 0 Å². The van der Waals surface area contributed by atoms with E-state index >= 15 is 0 Å². The number of carbonyl (C=O) groups excluding carboxylic acids is 1. The number of benzene rings is 3. The summed E-state index contributed by atoms with van der Waals surface area (Å²) in [6.07, 6.45) is 0. The third-order valence-electron chi connectivity index (χ3n) is 4.44.